The van der Waals surface area contributed by atoms with Crippen LogP contribution in [-0.4, -0.2) is 11.6 Å². The van der Waals surface area contributed by atoms with Gasteiger partial charge in [0.2, 0.25) is 0 Å². The van der Waals surface area contributed by atoms with Gasteiger partial charge in [-0.3, -0.25) is 4.79 Å². The van der Waals surface area contributed by atoms with E-state index in [1.807, 2.05) is 0 Å². The molecular formula is C14H13F3N2O. The van der Waals surface area contributed by atoms with Crippen molar-refractivity contribution in [1.82, 2.24) is 0 Å². The van der Waals surface area contributed by atoms with Crippen LogP contribution < -0.4 is 5.01 Å². The zero-order chi connectivity index (χ0) is 14.3. The summed E-state index contributed by atoms with van der Waals surface area (Å²) in [6.07, 6.45) is 4.37. The molecule has 6 heteroatoms. The highest BCUT2D eigenvalue weighted by atomic mass is 19.2. The monoisotopic (exact) mass is 282 g/mol. The Hall–Kier alpha value is -1.85. The smallest absolute Gasteiger partial charge is 0.253 e. The zero-order valence-corrected chi connectivity index (χ0v) is 10.7. The van der Waals surface area contributed by atoms with Gasteiger partial charge < -0.3 is 0 Å². The van der Waals surface area contributed by atoms with E-state index in [2.05, 4.69) is 5.10 Å². The molecule has 0 spiro atoms. The quantitative estimate of drug-likeness (QED) is 0.765. The van der Waals surface area contributed by atoms with Gasteiger partial charge in [0.1, 0.15) is 0 Å². The van der Waals surface area contributed by atoms with Crippen LogP contribution in [0.3, 0.4) is 0 Å². The largest absolute Gasteiger partial charge is 0.272 e. The third-order valence-electron chi connectivity index (χ3n) is 3.84. The van der Waals surface area contributed by atoms with Crippen LogP contribution in [0.2, 0.25) is 0 Å². The van der Waals surface area contributed by atoms with Crippen molar-refractivity contribution in [2.45, 2.75) is 32.1 Å². The molecule has 0 bridgehead atoms. The first-order chi connectivity index (χ1) is 9.56. The number of hydrazone groups is 1. The minimum atomic E-state index is -1.54. The normalized spacial score (nSPS) is 19.9. The summed E-state index contributed by atoms with van der Waals surface area (Å²) in [7, 11) is 0. The van der Waals surface area contributed by atoms with Gasteiger partial charge in [0, 0.05) is 12.1 Å². The molecule has 0 saturated heterocycles. The van der Waals surface area contributed by atoms with E-state index in [1.54, 1.807) is 0 Å². The average Bonchev–Trinajstić information content (AvgIpc) is 3.04. The number of benzene rings is 1. The third-order valence-corrected chi connectivity index (χ3v) is 3.84. The molecule has 1 aromatic carbocycles. The Morgan fingerprint density at radius 2 is 1.70 bits per heavy atom. The molecule has 106 valence electrons. The van der Waals surface area contributed by atoms with E-state index in [-0.39, 0.29) is 23.9 Å². The standard InChI is InChI=1S/C14H13F3N2O/c15-10-5-9(6-11(16)14(10)17)19-13(20)7-12(18-19)8-3-1-2-4-8/h5-6,8H,1-4,7H2. The number of carbonyl (C=O) groups excluding carboxylic acids is 1. The molecule has 0 atom stereocenters. The van der Waals surface area contributed by atoms with Crippen molar-refractivity contribution in [1.29, 1.82) is 0 Å². The predicted octanol–water partition coefficient (Wildman–Crippen LogP) is 3.39. The fourth-order valence-electron chi connectivity index (χ4n) is 2.80. The molecule has 1 aliphatic carbocycles. The molecule has 0 radical (unpaired) electrons. The molecule has 0 aromatic heterocycles. The molecular weight excluding hydrogens is 269 g/mol. The summed E-state index contributed by atoms with van der Waals surface area (Å²) in [5.74, 6) is -4.24. The maximum Gasteiger partial charge on any atom is 0.253 e. The van der Waals surface area contributed by atoms with Gasteiger partial charge in [-0.05, 0) is 18.8 Å². The molecule has 0 unspecified atom stereocenters. The fourth-order valence-corrected chi connectivity index (χ4v) is 2.80. The van der Waals surface area contributed by atoms with Crippen LogP contribution in [0.25, 0.3) is 0 Å². The van der Waals surface area contributed by atoms with Crippen molar-refractivity contribution in [2.24, 2.45) is 11.0 Å². The van der Waals surface area contributed by atoms with Gasteiger partial charge in [-0.2, -0.15) is 5.10 Å². The summed E-state index contributed by atoms with van der Waals surface area (Å²) in [6, 6.07) is 1.58. The number of hydrogen-bond donors (Lipinski definition) is 0. The SMILES string of the molecule is O=C1CC(C2CCCC2)=NN1c1cc(F)c(F)c(F)c1. The first-order valence-electron chi connectivity index (χ1n) is 6.61. The lowest BCUT2D eigenvalue weighted by atomic mass is 10.00. The summed E-state index contributed by atoms with van der Waals surface area (Å²) in [5, 5.41) is 5.15. The highest BCUT2D eigenvalue weighted by Gasteiger charge is 2.32. The molecule has 1 aromatic rings. The molecule has 1 heterocycles. The fraction of sp³-hybridized carbons (Fsp3) is 0.429. The first kappa shape index (κ1) is 13.1. The Balaban J connectivity index is 1.91. The molecule has 3 rings (SSSR count). The van der Waals surface area contributed by atoms with E-state index in [0.29, 0.717) is 0 Å². The van der Waals surface area contributed by atoms with Crippen molar-refractivity contribution >= 4 is 17.3 Å². The van der Waals surface area contributed by atoms with Gasteiger partial charge in [0.05, 0.1) is 17.8 Å². The highest BCUT2D eigenvalue weighted by molar-refractivity contribution is 6.13. The summed E-state index contributed by atoms with van der Waals surface area (Å²) in [5.41, 5.74) is 0.692. The van der Waals surface area contributed by atoms with Gasteiger partial charge in [-0.25, -0.2) is 18.2 Å². The Morgan fingerprint density at radius 3 is 2.30 bits per heavy atom. The van der Waals surface area contributed by atoms with Crippen molar-refractivity contribution in [3.63, 3.8) is 0 Å². The summed E-state index contributed by atoms with van der Waals surface area (Å²) >= 11 is 0. The van der Waals surface area contributed by atoms with Crippen LogP contribution >= 0.6 is 0 Å². The lowest BCUT2D eigenvalue weighted by molar-refractivity contribution is -0.116. The number of rotatable bonds is 2. The number of halogens is 3. The Labute approximate surface area is 114 Å². The third kappa shape index (κ3) is 2.19. The second-order valence-corrected chi connectivity index (χ2v) is 5.18. The molecule has 20 heavy (non-hydrogen) atoms. The Morgan fingerprint density at radius 1 is 1.10 bits per heavy atom. The van der Waals surface area contributed by atoms with Gasteiger partial charge in [0.15, 0.2) is 17.5 Å². The summed E-state index contributed by atoms with van der Waals surface area (Å²) < 4.78 is 39.4. The van der Waals surface area contributed by atoms with Crippen LogP contribution in [0.1, 0.15) is 32.1 Å². The summed E-state index contributed by atoms with van der Waals surface area (Å²) in [4.78, 5) is 11.9. The van der Waals surface area contributed by atoms with Crippen molar-refractivity contribution in [2.75, 3.05) is 5.01 Å². The van der Waals surface area contributed by atoms with Crippen molar-refractivity contribution < 1.29 is 18.0 Å². The van der Waals surface area contributed by atoms with Crippen LogP contribution in [0, 0.1) is 23.4 Å². The maximum absolute atomic E-state index is 13.2. The predicted molar refractivity (Wildman–Crippen MR) is 67.8 cm³/mol. The topological polar surface area (TPSA) is 32.7 Å². The Kier molecular flexibility index (Phi) is 3.23. The van der Waals surface area contributed by atoms with E-state index >= 15 is 0 Å². The van der Waals surface area contributed by atoms with Crippen LogP contribution in [-0.2, 0) is 4.79 Å². The second kappa shape index (κ2) is 4.92. The minimum Gasteiger partial charge on any atom is -0.272 e. The number of anilines is 1. The zero-order valence-electron chi connectivity index (χ0n) is 10.7. The van der Waals surface area contributed by atoms with Crippen molar-refractivity contribution in [3.05, 3.63) is 29.6 Å². The van der Waals surface area contributed by atoms with Crippen LogP contribution in [0.15, 0.2) is 17.2 Å². The number of hydrogen-bond acceptors (Lipinski definition) is 2. The number of amides is 1. The molecule has 3 nitrogen and oxygen atoms in total. The van der Waals surface area contributed by atoms with E-state index in [9.17, 15) is 18.0 Å². The highest BCUT2D eigenvalue weighted by Crippen LogP contribution is 2.32. The molecule has 0 N–H and O–H groups in total. The first-order valence-corrected chi connectivity index (χ1v) is 6.61. The molecule has 1 fully saturated rings. The molecule has 1 saturated carbocycles. The van der Waals surface area contributed by atoms with Crippen LogP contribution in [0.5, 0.6) is 0 Å². The lowest BCUT2D eigenvalue weighted by Crippen LogP contribution is -2.20. The van der Waals surface area contributed by atoms with E-state index < -0.39 is 17.5 Å². The average molecular weight is 282 g/mol. The second-order valence-electron chi connectivity index (χ2n) is 5.18. The van der Waals surface area contributed by atoms with Gasteiger partial charge in [-0.15, -0.1) is 0 Å². The molecule has 2 aliphatic rings. The van der Waals surface area contributed by atoms with E-state index in [4.69, 9.17) is 0 Å². The van der Waals surface area contributed by atoms with Crippen molar-refractivity contribution in [3.8, 4) is 0 Å². The van der Waals surface area contributed by atoms with Gasteiger partial charge in [-0.1, -0.05) is 12.8 Å². The van der Waals surface area contributed by atoms with Crippen LogP contribution in [0.4, 0.5) is 18.9 Å². The van der Waals surface area contributed by atoms with Gasteiger partial charge >= 0.3 is 0 Å². The van der Waals surface area contributed by atoms with Gasteiger partial charge in [0.25, 0.3) is 5.91 Å². The maximum atomic E-state index is 13.2. The van der Waals surface area contributed by atoms with E-state index in [0.717, 1.165) is 48.5 Å². The molecule has 1 aliphatic heterocycles. The number of carbonyl (C=O) groups is 1. The lowest BCUT2D eigenvalue weighted by Gasteiger charge is -2.12. The Bertz CT molecular complexity index is 571. The summed E-state index contributed by atoms with van der Waals surface area (Å²) in [6.45, 7) is 0. The van der Waals surface area contributed by atoms with E-state index in [1.165, 1.54) is 0 Å². The molecule has 1 amide bonds. The minimum absolute atomic E-state index is 0.0700. The number of nitrogens with zero attached hydrogens (tertiary/aromatic N) is 2.